The summed E-state index contributed by atoms with van der Waals surface area (Å²) >= 11 is 0. The highest BCUT2D eigenvalue weighted by Crippen LogP contribution is 2.34. The second-order valence-corrected chi connectivity index (χ2v) is 7.21. The monoisotopic (exact) mass is 354 g/mol. The Morgan fingerprint density at radius 1 is 1.12 bits per heavy atom. The predicted octanol–water partition coefficient (Wildman–Crippen LogP) is 3.88. The molecule has 0 aromatic heterocycles. The number of amides is 1. The molecule has 1 amide bonds. The fourth-order valence-electron chi connectivity index (χ4n) is 3.92. The van der Waals surface area contributed by atoms with Gasteiger partial charge in [0.05, 0.1) is 5.92 Å². The molecule has 2 fully saturated rings. The highest BCUT2D eigenvalue weighted by Gasteiger charge is 2.41. The van der Waals surface area contributed by atoms with E-state index in [9.17, 15) is 18.0 Å². The van der Waals surface area contributed by atoms with Gasteiger partial charge < -0.3 is 10.2 Å². The van der Waals surface area contributed by atoms with Gasteiger partial charge in [-0.05, 0) is 68.8 Å². The molecule has 3 rings (SSSR count). The van der Waals surface area contributed by atoms with Crippen molar-refractivity contribution in [1.29, 1.82) is 0 Å². The molecule has 0 atom stereocenters. The average Bonchev–Trinajstić information content (AvgIpc) is 2.61. The van der Waals surface area contributed by atoms with Gasteiger partial charge in [0, 0.05) is 18.7 Å². The Balaban J connectivity index is 1.66. The summed E-state index contributed by atoms with van der Waals surface area (Å²) in [6.07, 6.45) is -1.96. The third-order valence-electron chi connectivity index (χ3n) is 5.54. The molecule has 1 N–H and O–H groups in total. The number of hydrogen-bond acceptors (Lipinski definition) is 2. The first kappa shape index (κ1) is 18.2. The number of carbonyl (C=O) groups is 1. The minimum absolute atomic E-state index is 0.00143. The Morgan fingerprint density at radius 3 is 2.32 bits per heavy atom. The topological polar surface area (TPSA) is 32.3 Å². The van der Waals surface area contributed by atoms with Crippen LogP contribution in [0.2, 0.25) is 0 Å². The quantitative estimate of drug-likeness (QED) is 0.874. The molecule has 0 spiro atoms. The van der Waals surface area contributed by atoms with E-state index < -0.39 is 12.1 Å². The Hall–Kier alpha value is -1.56. The van der Waals surface area contributed by atoms with Crippen LogP contribution >= 0.6 is 0 Å². The van der Waals surface area contributed by atoms with Crippen LogP contribution in [-0.2, 0) is 0 Å². The van der Waals surface area contributed by atoms with Crippen molar-refractivity contribution in [2.45, 2.75) is 44.7 Å². The van der Waals surface area contributed by atoms with Gasteiger partial charge in [-0.2, -0.15) is 13.2 Å². The van der Waals surface area contributed by atoms with Gasteiger partial charge in [0.15, 0.2) is 0 Å². The lowest BCUT2D eigenvalue weighted by atomic mass is 9.88. The lowest BCUT2D eigenvalue weighted by Crippen LogP contribution is -2.42. The molecule has 3 nitrogen and oxygen atoms in total. The molecule has 6 heteroatoms. The first-order valence-corrected chi connectivity index (χ1v) is 9.03. The molecule has 1 aromatic rings. The van der Waals surface area contributed by atoms with Crippen LogP contribution in [0.3, 0.4) is 0 Å². The van der Waals surface area contributed by atoms with Crippen LogP contribution in [0.1, 0.15) is 53.1 Å². The van der Waals surface area contributed by atoms with Crippen molar-refractivity contribution < 1.29 is 18.0 Å². The van der Waals surface area contributed by atoms with E-state index in [0.717, 1.165) is 31.5 Å². The molecule has 2 aliphatic rings. The molecular formula is C19H25F3N2O. The molecule has 2 heterocycles. The number of aryl methyl sites for hydroxylation is 1. The van der Waals surface area contributed by atoms with Crippen molar-refractivity contribution in [3.63, 3.8) is 0 Å². The number of likely N-dealkylation sites (tertiary alicyclic amines) is 1. The first-order valence-electron chi connectivity index (χ1n) is 9.03. The Labute approximate surface area is 146 Å². The van der Waals surface area contributed by atoms with Crippen LogP contribution in [-0.4, -0.2) is 43.2 Å². The number of benzene rings is 1. The molecule has 0 unspecified atom stereocenters. The number of hydrogen-bond donors (Lipinski definition) is 1. The molecule has 1 aromatic carbocycles. The Morgan fingerprint density at radius 2 is 1.76 bits per heavy atom. The normalized spacial score (nSPS) is 20.7. The molecule has 0 saturated carbocycles. The summed E-state index contributed by atoms with van der Waals surface area (Å²) in [5, 5.41) is 3.34. The van der Waals surface area contributed by atoms with Crippen LogP contribution in [0, 0.1) is 12.8 Å². The van der Waals surface area contributed by atoms with E-state index in [-0.39, 0.29) is 31.8 Å². The zero-order valence-corrected chi connectivity index (χ0v) is 14.5. The number of halogens is 3. The maximum Gasteiger partial charge on any atom is 0.391 e. The maximum absolute atomic E-state index is 12.8. The van der Waals surface area contributed by atoms with Crippen LogP contribution < -0.4 is 5.32 Å². The van der Waals surface area contributed by atoms with Gasteiger partial charge in [-0.25, -0.2) is 0 Å². The lowest BCUT2D eigenvalue weighted by molar-refractivity contribution is -0.183. The molecule has 2 saturated heterocycles. The third kappa shape index (κ3) is 4.17. The van der Waals surface area contributed by atoms with Gasteiger partial charge in [0.25, 0.3) is 5.91 Å². The standard InChI is InChI=1S/C19H25F3N2O/c1-13-12-15(14-4-8-23-9-5-14)2-3-17(13)18(25)24-10-6-16(7-11-24)19(20,21)22/h2-3,12,14,16,23H,4-11H2,1H3. The molecule has 138 valence electrons. The van der Waals surface area contributed by atoms with E-state index in [1.807, 2.05) is 19.1 Å². The summed E-state index contributed by atoms with van der Waals surface area (Å²) in [4.78, 5) is 14.3. The number of alkyl halides is 3. The van der Waals surface area contributed by atoms with Gasteiger partial charge in [0.2, 0.25) is 0 Å². The van der Waals surface area contributed by atoms with Gasteiger partial charge in [-0.15, -0.1) is 0 Å². The van der Waals surface area contributed by atoms with E-state index in [4.69, 9.17) is 0 Å². The second-order valence-electron chi connectivity index (χ2n) is 7.21. The summed E-state index contributed by atoms with van der Waals surface area (Å²) in [7, 11) is 0. The minimum Gasteiger partial charge on any atom is -0.339 e. The molecule has 25 heavy (non-hydrogen) atoms. The summed E-state index contributed by atoms with van der Waals surface area (Å²) in [5.41, 5.74) is 2.79. The van der Waals surface area contributed by atoms with Crippen LogP contribution in [0.5, 0.6) is 0 Å². The number of rotatable bonds is 2. The van der Waals surface area contributed by atoms with Gasteiger partial charge in [0.1, 0.15) is 0 Å². The number of nitrogens with zero attached hydrogens (tertiary/aromatic N) is 1. The SMILES string of the molecule is Cc1cc(C2CCNCC2)ccc1C(=O)N1CCC(C(F)(F)F)CC1. The van der Waals surface area contributed by atoms with Crippen LogP contribution in [0.15, 0.2) is 18.2 Å². The molecule has 2 aliphatic heterocycles. The molecule has 0 radical (unpaired) electrons. The summed E-state index contributed by atoms with van der Waals surface area (Å²) in [5.74, 6) is -0.901. The summed E-state index contributed by atoms with van der Waals surface area (Å²) in [6.45, 7) is 4.30. The van der Waals surface area contributed by atoms with E-state index in [1.165, 1.54) is 5.56 Å². The van der Waals surface area contributed by atoms with Crippen molar-refractivity contribution >= 4 is 5.91 Å². The fourth-order valence-corrected chi connectivity index (χ4v) is 3.92. The number of piperidine rings is 2. The lowest BCUT2D eigenvalue weighted by Gasteiger charge is -2.33. The van der Waals surface area contributed by atoms with Crippen LogP contribution in [0.4, 0.5) is 13.2 Å². The summed E-state index contributed by atoms with van der Waals surface area (Å²) < 4.78 is 38.3. The van der Waals surface area contributed by atoms with Gasteiger partial charge >= 0.3 is 6.18 Å². The Bertz CT molecular complexity index is 616. The van der Waals surface area contributed by atoms with Gasteiger partial charge in [-0.3, -0.25) is 4.79 Å². The summed E-state index contributed by atoms with van der Waals surface area (Å²) in [6, 6.07) is 5.94. The van der Waals surface area contributed by atoms with E-state index in [0.29, 0.717) is 11.5 Å². The number of nitrogens with one attached hydrogen (secondary N) is 1. The van der Waals surface area contributed by atoms with Crippen molar-refractivity contribution in [2.24, 2.45) is 5.92 Å². The van der Waals surface area contributed by atoms with Crippen molar-refractivity contribution in [2.75, 3.05) is 26.2 Å². The second kappa shape index (κ2) is 7.36. The van der Waals surface area contributed by atoms with Crippen molar-refractivity contribution in [3.05, 3.63) is 34.9 Å². The molecule has 0 bridgehead atoms. The smallest absolute Gasteiger partial charge is 0.339 e. The number of carbonyl (C=O) groups excluding carboxylic acids is 1. The highest BCUT2D eigenvalue weighted by atomic mass is 19.4. The zero-order valence-electron chi connectivity index (χ0n) is 14.5. The largest absolute Gasteiger partial charge is 0.391 e. The maximum atomic E-state index is 12.8. The fraction of sp³-hybridized carbons (Fsp3) is 0.632. The molecular weight excluding hydrogens is 329 g/mol. The van der Waals surface area contributed by atoms with Crippen molar-refractivity contribution in [1.82, 2.24) is 10.2 Å². The predicted molar refractivity (Wildman–Crippen MR) is 90.7 cm³/mol. The van der Waals surface area contributed by atoms with Gasteiger partial charge in [-0.1, -0.05) is 12.1 Å². The first-order chi connectivity index (χ1) is 11.9. The third-order valence-corrected chi connectivity index (χ3v) is 5.54. The van der Waals surface area contributed by atoms with E-state index in [1.54, 1.807) is 4.90 Å². The van der Waals surface area contributed by atoms with Crippen LogP contribution in [0.25, 0.3) is 0 Å². The molecule has 0 aliphatic carbocycles. The average molecular weight is 354 g/mol. The van der Waals surface area contributed by atoms with Crippen molar-refractivity contribution in [3.8, 4) is 0 Å². The van der Waals surface area contributed by atoms with E-state index >= 15 is 0 Å². The highest BCUT2D eigenvalue weighted by molar-refractivity contribution is 5.95. The minimum atomic E-state index is -4.15. The Kier molecular flexibility index (Phi) is 5.37. The van der Waals surface area contributed by atoms with E-state index in [2.05, 4.69) is 11.4 Å². The zero-order chi connectivity index (χ0) is 18.0.